The lowest BCUT2D eigenvalue weighted by Gasteiger charge is -2.27. The van der Waals surface area contributed by atoms with Crippen LogP contribution in [0.25, 0.3) is 0 Å². The first-order valence-corrected chi connectivity index (χ1v) is 8.17. The van der Waals surface area contributed by atoms with Crippen LogP contribution in [0.3, 0.4) is 0 Å². The maximum absolute atomic E-state index is 12.2. The van der Waals surface area contributed by atoms with E-state index in [1.54, 1.807) is 0 Å². The number of rotatable bonds is 3. The van der Waals surface area contributed by atoms with Crippen LogP contribution in [0.4, 0.5) is 0 Å². The molecule has 1 fully saturated rings. The van der Waals surface area contributed by atoms with Gasteiger partial charge in [-0.05, 0) is 45.1 Å². The van der Waals surface area contributed by atoms with E-state index in [1.807, 2.05) is 18.2 Å². The lowest BCUT2D eigenvalue weighted by Crippen LogP contribution is -2.44. The fraction of sp³-hybridized carbons (Fsp3) is 0.556. The second-order valence-electron chi connectivity index (χ2n) is 7.05. The number of hydrogen-bond donors (Lipinski definition) is 1. The molecular formula is C18H25NO2S. The Bertz CT molecular complexity index is 536. The topological polar surface area (TPSA) is 38.3 Å². The van der Waals surface area contributed by atoms with Gasteiger partial charge in [0.25, 0.3) is 0 Å². The molecule has 1 aromatic carbocycles. The number of hydrogen-bond acceptors (Lipinski definition) is 3. The second-order valence-corrected chi connectivity index (χ2v) is 7.49. The van der Waals surface area contributed by atoms with Gasteiger partial charge in [0, 0.05) is 11.5 Å². The Morgan fingerprint density at radius 2 is 1.77 bits per heavy atom. The average molecular weight is 319 g/mol. The Morgan fingerprint density at radius 3 is 2.32 bits per heavy atom. The molecule has 0 amide bonds. The molecule has 0 bridgehead atoms. The molecule has 1 aliphatic rings. The number of carbonyl (C=O) groups is 1. The third-order valence-electron chi connectivity index (χ3n) is 4.17. The molecule has 0 aromatic heterocycles. The van der Waals surface area contributed by atoms with Crippen LogP contribution < -0.4 is 5.32 Å². The van der Waals surface area contributed by atoms with Gasteiger partial charge in [0.2, 0.25) is 0 Å². The molecule has 1 saturated carbocycles. The van der Waals surface area contributed by atoms with Crippen LogP contribution in [0.15, 0.2) is 30.3 Å². The van der Waals surface area contributed by atoms with Gasteiger partial charge >= 0.3 is 5.97 Å². The number of thiocarbonyl (C=S) groups is 1. The van der Waals surface area contributed by atoms with Gasteiger partial charge in [-0.25, -0.2) is 0 Å². The van der Waals surface area contributed by atoms with Crippen molar-refractivity contribution >= 4 is 23.2 Å². The fourth-order valence-corrected chi connectivity index (χ4v) is 3.77. The van der Waals surface area contributed by atoms with Crippen LogP contribution in [-0.2, 0) is 9.53 Å². The summed E-state index contributed by atoms with van der Waals surface area (Å²) < 4.78 is 5.00. The Balaban J connectivity index is 2.19. The Morgan fingerprint density at radius 1 is 1.18 bits per heavy atom. The molecule has 3 nitrogen and oxygen atoms in total. The third-order valence-corrected chi connectivity index (χ3v) is 4.58. The van der Waals surface area contributed by atoms with Crippen LogP contribution in [0.1, 0.15) is 45.1 Å². The van der Waals surface area contributed by atoms with Gasteiger partial charge in [0.05, 0.1) is 18.0 Å². The van der Waals surface area contributed by atoms with Crippen LogP contribution in [0.5, 0.6) is 0 Å². The van der Waals surface area contributed by atoms with Gasteiger partial charge in [-0.1, -0.05) is 42.5 Å². The van der Waals surface area contributed by atoms with E-state index in [1.165, 1.54) is 12.7 Å². The van der Waals surface area contributed by atoms with Gasteiger partial charge in [-0.2, -0.15) is 0 Å². The minimum Gasteiger partial charge on any atom is -0.469 e. The molecule has 1 aliphatic carbocycles. The highest BCUT2D eigenvalue weighted by atomic mass is 32.1. The molecular weight excluding hydrogens is 294 g/mol. The molecule has 0 unspecified atom stereocenters. The summed E-state index contributed by atoms with van der Waals surface area (Å²) in [6.07, 6.45) is 1.69. The highest BCUT2D eigenvalue weighted by molar-refractivity contribution is 7.80. The monoisotopic (exact) mass is 319 g/mol. The van der Waals surface area contributed by atoms with Crippen LogP contribution in [-0.4, -0.2) is 23.6 Å². The maximum atomic E-state index is 12.2. The number of nitrogens with one attached hydrogen (secondary N) is 1. The van der Waals surface area contributed by atoms with Crippen molar-refractivity contribution in [2.45, 2.75) is 45.1 Å². The van der Waals surface area contributed by atoms with E-state index in [9.17, 15) is 4.79 Å². The Hall–Kier alpha value is -1.42. The molecule has 120 valence electrons. The molecule has 22 heavy (non-hydrogen) atoms. The smallest absolute Gasteiger partial charge is 0.309 e. The number of methoxy groups -OCH3 is 1. The average Bonchev–Trinajstić information content (AvgIpc) is 2.91. The van der Waals surface area contributed by atoms with Crippen molar-refractivity contribution in [1.29, 1.82) is 0 Å². The van der Waals surface area contributed by atoms with E-state index in [2.05, 4.69) is 38.2 Å². The van der Waals surface area contributed by atoms with Crippen molar-refractivity contribution in [3.63, 3.8) is 0 Å². The molecule has 3 atom stereocenters. The first-order chi connectivity index (χ1) is 10.3. The van der Waals surface area contributed by atoms with Crippen LogP contribution in [0, 0.1) is 11.8 Å². The molecule has 1 N–H and O–H groups in total. The lowest BCUT2D eigenvalue weighted by molar-refractivity contribution is -0.145. The highest BCUT2D eigenvalue weighted by Gasteiger charge is 2.42. The van der Waals surface area contributed by atoms with Gasteiger partial charge < -0.3 is 10.1 Å². The van der Waals surface area contributed by atoms with Crippen molar-refractivity contribution < 1.29 is 9.53 Å². The normalized spacial score (nSPS) is 24.8. The van der Waals surface area contributed by atoms with Gasteiger partial charge in [0.15, 0.2) is 0 Å². The fourth-order valence-electron chi connectivity index (χ4n) is 3.20. The number of ether oxygens (including phenoxy) is 1. The quantitative estimate of drug-likeness (QED) is 0.681. The minimum absolute atomic E-state index is 0.0480. The molecule has 1 aromatic rings. The molecule has 4 heteroatoms. The zero-order valence-electron chi connectivity index (χ0n) is 13.8. The molecule has 0 aliphatic heterocycles. The van der Waals surface area contributed by atoms with Gasteiger partial charge in [0.1, 0.15) is 0 Å². The van der Waals surface area contributed by atoms with Crippen molar-refractivity contribution in [3.05, 3.63) is 35.9 Å². The van der Waals surface area contributed by atoms with Gasteiger partial charge in [-0.3, -0.25) is 4.79 Å². The predicted octanol–water partition coefficient (Wildman–Crippen LogP) is 3.68. The zero-order chi connectivity index (χ0) is 16.3. The molecule has 0 spiro atoms. The third kappa shape index (κ3) is 4.07. The predicted molar refractivity (Wildman–Crippen MR) is 92.9 cm³/mol. The molecule has 0 radical (unpaired) electrons. The zero-order valence-corrected chi connectivity index (χ0v) is 14.6. The molecule has 0 heterocycles. The van der Waals surface area contributed by atoms with E-state index in [0.29, 0.717) is 5.92 Å². The number of esters is 1. The summed E-state index contributed by atoms with van der Waals surface area (Å²) in [5.74, 6) is 0.0981. The van der Waals surface area contributed by atoms with Crippen molar-refractivity contribution in [2.24, 2.45) is 11.8 Å². The number of benzene rings is 1. The van der Waals surface area contributed by atoms with Crippen molar-refractivity contribution in [3.8, 4) is 0 Å². The highest BCUT2D eigenvalue weighted by Crippen LogP contribution is 2.43. The van der Waals surface area contributed by atoms with Crippen LogP contribution in [0.2, 0.25) is 0 Å². The maximum Gasteiger partial charge on any atom is 0.309 e. The number of carbonyl (C=O) groups excluding carboxylic acids is 1. The van der Waals surface area contributed by atoms with Crippen LogP contribution >= 0.6 is 12.2 Å². The standard InChI is InChI=1S/C18H25NO2S/c1-18(2,3)19-16(22)14-10-13(11-15(14)17(20)21-4)12-8-6-5-7-9-12/h5-9,13-15H,10-11H2,1-4H3,(H,19,22)/t13-,14+,15+/m1/s1. The van der Waals surface area contributed by atoms with Crippen molar-refractivity contribution in [2.75, 3.05) is 7.11 Å². The summed E-state index contributed by atoms with van der Waals surface area (Å²) in [6.45, 7) is 6.24. The van der Waals surface area contributed by atoms with Gasteiger partial charge in [-0.15, -0.1) is 0 Å². The lowest BCUT2D eigenvalue weighted by atomic mass is 9.94. The van der Waals surface area contributed by atoms with Crippen molar-refractivity contribution in [1.82, 2.24) is 5.32 Å². The first-order valence-electron chi connectivity index (χ1n) is 7.76. The largest absolute Gasteiger partial charge is 0.469 e. The van der Waals surface area contributed by atoms with E-state index < -0.39 is 0 Å². The Kier molecular flexibility index (Phi) is 5.22. The SMILES string of the molecule is COC(=O)[C@H]1C[C@H](c2ccccc2)C[C@@H]1C(=S)NC(C)(C)C. The van der Waals surface area contributed by atoms with E-state index >= 15 is 0 Å². The summed E-state index contributed by atoms with van der Waals surface area (Å²) >= 11 is 5.59. The van der Waals surface area contributed by atoms with E-state index in [0.717, 1.165) is 17.8 Å². The Labute approximate surface area is 138 Å². The summed E-state index contributed by atoms with van der Waals surface area (Å²) in [5.41, 5.74) is 1.18. The summed E-state index contributed by atoms with van der Waals surface area (Å²) in [5, 5.41) is 3.37. The molecule has 0 saturated heterocycles. The minimum atomic E-state index is -0.155. The van der Waals surface area contributed by atoms with E-state index in [-0.39, 0.29) is 23.3 Å². The second kappa shape index (κ2) is 6.78. The van der Waals surface area contributed by atoms with E-state index in [4.69, 9.17) is 17.0 Å². The first kappa shape index (κ1) is 16.9. The summed E-state index contributed by atoms with van der Waals surface area (Å²) in [6, 6.07) is 10.4. The summed E-state index contributed by atoms with van der Waals surface area (Å²) in [7, 11) is 1.45. The summed E-state index contributed by atoms with van der Waals surface area (Å²) in [4.78, 5) is 12.9. The molecule has 2 rings (SSSR count).